The van der Waals surface area contributed by atoms with E-state index in [2.05, 4.69) is 15.3 Å². The second-order valence-corrected chi connectivity index (χ2v) is 10.8. The zero-order valence-electron chi connectivity index (χ0n) is 22.2. The summed E-state index contributed by atoms with van der Waals surface area (Å²) in [7, 11) is 1.59. The number of fused-ring (bicyclic) bond motifs is 1. The van der Waals surface area contributed by atoms with Crippen LogP contribution in [0.5, 0.6) is 11.5 Å². The molecular weight excluding hydrogens is 511 g/mol. The number of carbonyl (C=O) groups is 1. The van der Waals surface area contributed by atoms with Gasteiger partial charge in [-0.1, -0.05) is 11.6 Å². The Labute approximate surface area is 227 Å². The molecule has 1 N–H and O–H groups in total. The molecule has 10 heteroatoms. The van der Waals surface area contributed by atoms with Gasteiger partial charge in [0.1, 0.15) is 23.6 Å². The first-order valence-corrected chi connectivity index (χ1v) is 13.2. The van der Waals surface area contributed by atoms with Gasteiger partial charge in [0.15, 0.2) is 11.5 Å². The molecule has 1 fully saturated rings. The largest absolute Gasteiger partial charge is 0.493 e. The molecule has 204 valence electrons. The molecule has 0 atom stereocenters. The lowest BCUT2D eigenvalue weighted by Gasteiger charge is -2.33. The maximum absolute atomic E-state index is 13.6. The molecule has 0 aliphatic carbocycles. The highest BCUT2D eigenvalue weighted by atomic mass is 35.5. The lowest BCUT2D eigenvalue weighted by molar-refractivity contribution is 0.0179. The highest BCUT2D eigenvalue weighted by Crippen LogP contribution is 2.35. The standard InChI is InChI=1S/C28H34ClFN4O4/c1-28(2,3)38-27(35)34-11-9-18(10-12-34)6-5-13-37-25-15-20-23(16-24(25)36-4)31-17-32-26(20)33-19-7-8-22(30)21(29)14-19/h7-8,14-18H,5-6,9-13H2,1-4H3,(H,31,32,33). The molecule has 4 rings (SSSR count). The second-order valence-electron chi connectivity index (χ2n) is 10.4. The van der Waals surface area contributed by atoms with Gasteiger partial charge in [-0.15, -0.1) is 0 Å². The van der Waals surface area contributed by atoms with Gasteiger partial charge < -0.3 is 24.4 Å². The summed E-state index contributed by atoms with van der Waals surface area (Å²) in [6.07, 6.45) is 5.02. The van der Waals surface area contributed by atoms with Crippen LogP contribution < -0.4 is 14.8 Å². The van der Waals surface area contributed by atoms with E-state index in [9.17, 15) is 9.18 Å². The molecule has 0 radical (unpaired) electrons. The van der Waals surface area contributed by atoms with Crippen LogP contribution in [-0.4, -0.2) is 53.4 Å². The molecule has 0 spiro atoms. The van der Waals surface area contributed by atoms with E-state index in [1.165, 1.54) is 18.5 Å². The minimum atomic E-state index is -0.487. The van der Waals surface area contributed by atoms with Gasteiger partial charge >= 0.3 is 6.09 Å². The number of hydrogen-bond acceptors (Lipinski definition) is 7. The van der Waals surface area contributed by atoms with Crippen LogP contribution in [0.1, 0.15) is 46.5 Å². The third kappa shape index (κ3) is 7.16. The van der Waals surface area contributed by atoms with Crippen molar-refractivity contribution in [1.29, 1.82) is 0 Å². The van der Waals surface area contributed by atoms with Crippen LogP contribution >= 0.6 is 11.6 Å². The first kappa shape index (κ1) is 27.7. The Morgan fingerprint density at radius 3 is 2.61 bits per heavy atom. The number of nitrogens with one attached hydrogen (secondary N) is 1. The third-order valence-electron chi connectivity index (χ3n) is 6.38. The van der Waals surface area contributed by atoms with Gasteiger partial charge in [0.05, 0.1) is 24.3 Å². The number of halogens is 2. The van der Waals surface area contributed by atoms with Crippen molar-refractivity contribution in [3.63, 3.8) is 0 Å². The summed E-state index contributed by atoms with van der Waals surface area (Å²) >= 11 is 5.93. The molecule has 1 amide bonds. The SMILES string of the molecule is COc1cc2ncnc(Nc3ccc(F)c(Cl)c3)c2cc1OCCCC1CCN(C(=O)OC(C)(C)C)CC1. The van der Waals surface area contributed by atoms with Gasteiger partial charge in [-0.2, -0.15) is 0 Å². The molecule has 3 aromatic rings. The zero-order valence-corrected chi connectivity index (χ0v) is 23.0. The number of piperidine rings is 1. The van der Waals surface area contributed by atoms with Crippen LogP contribution in [-0.2, 0) is 4.74 Å². The lowest BCUT2D eigenvalue weighted by Crippen LogP contribution is -2.41. The predicted octanol–water partition coefficient (Wildman–Crippen LogP) is 6.98. The minimum Gasteiger partial charge on any atom is -0.493 e. The maximum atomic E-state index is 13.6. The van der Waals surface area contributed by atoms with E-state index in [0.717, 1.165) is 31.1 Å². The molecule has 0 bridgehead atoms. The summed E-state index contributed by atoms with van der Waals surface area (Å²) in [5.74, 6) is 1.77. The van der Waals surface area contributed by atoms with Gasteiger partial charge in [0.25, 0.3) is 0 Å². The molecule has 1 aliphatic rings. The Morgan fingerprint density at radius 1 is 1.16 bits per heavy atom. The minimum absolute atomic E-state index is 0.0227. The molecule has 1 saturated heterocycles. The number of carbonyl (C=O) groups excluding carboxylic acids is 1. The van der Waals surface area contributed by atoms with Crippen LogP contribution in [0.4, 0.5) is 20.7 Å². The van der Waals surface area contributed by atoms with Crippen molar-refractivity contribution < 1.29 is 23.4 Å². The normalized spacial score (nSPS) is 14.4. The summed E-state index contributed by atoms with van der Waals surface area (Å²) < 4.78 is 30.7. The number of methoxy groups -OCH3 is 1. The monoisotopic (exact) mass is 544 g/mol. The van der Waals surface area contributed by atoms with Crippen molar-refractivity contribution in [3.8, 4) is 11.5 Å². The van der Waals surface area contributed by atoms with Crippen molar-refractivity contribution >= 4 is 40.1 Å². The average molecular weight is 545 g/mol. The van der Waals surface area contributed by atoms with Crippen molar-refractivity contribution in [1.82, 2.24) is 14.9 Å². The van der Waals surface area contributed by atoms with Crippen LogP contribution in [0.25, 0.3) is 10.9 Å². The highest BCUT2D eigenvalue weighted by Gasteiger charge is 2.26. The van der Waals surface area contributed by atoms with Gasteiger partial charge in [0, 0.05) is 30.2 Å². The van der Waals surface area contributed by atoms with E-state index in [-0.39, 0.29) is 11.1 Å². The van der Waals surface area contributed by atoms with E-state index in [4.69, 9.17) is 25.8 Å². The van der Waals surface area contributed by atoms with Crippen molar-refractivity contribution in [2.45, 2.75) is 52.1 Å². The molecule has 0 unspecified atom stereocenters. The Bertz CT molecular complexity index is 1280. The highest BCUT2D eigenvalue weighted by molar-refractivity contribution is 6.31. The third-order valence-corrected chi connectivity index (χ3v) is 6.67. The summed E-state index contributed by atoms with van der Waals surface area (Å²) in [5.41, 5.74) is 0.802. The summed E-state index contributed by atoms with van der Waals surface area (Å²) in [4.78, 5) is 22.8. The lowest BCUT2D eigenvalue weighted by atomic mass is 9.92. The van der Waals surface area contributed by atoms with E-state index < -0.39 is 11.4 Å². The number of nitrogens with zero attached hydrogens (tertiary/aromatic N) is 3. The van der Waals surface area contributed by atoms with Crippen LogP contribution in [0.2, 0.25) is 5.02 Å². The number of ether oxygens (including phenoxy) is 3. The number of anilines is 2. The Morgan fingerprint density at radius 2 is 1.92 bits per heavy atom. The fourth-order valence-electron chi connectivity index (χ4n) is 4.43. The number of benzene rings is 2. The summed E-state index contributed by atoms with van der Waals surface area (Å²) in [5, 5.41) is 3.94. The fourth-order valence-corrected chi connectivity index (χ4v) is 4.61. The second kappa shape index (κ2) is 12.0. The number of rotatable bonds is 8. The van der Waals surface area contributed by atoms with Crippen LogP contribution in [0, 0.1) is 11.7 Å². The number of likely N-dealkylation sites (tertiary alicyclic amines) is 1. The van der Waals surface area contributed by atoms with Crippen LogP contribution in [0.15, 0.2) is 36.7 Å². The van der Waals surface area contributed by atoms with E-state index >= 15 is 0 Å². The Kier molecular flexibility index (Phi) is 8.76. The van der Waals surface area contributed by atoms with Crippen molar-refractivity contribution in [2.24, 2.45) is 5.92 Å². The van der Waals surface area contributed by atoms with Crippen LogP contribution in [0.3, 0.4) is 0 Å². The van der Waals surface area contributed by atoms with Crippen molar-refractivity contribution in [3.05, 3.63) is 47.5 Å². The Hall–Kier alpha value is -3.33. The molecule has 1 aliphatic heterocycles. The molecule has 1 aromatic heterocycles. The van der Waals surface area contributed by atoms with Gasteiger partial charge in [0.2, 0.25) is 0 Å². The first-order chi connectivity index (χ1) is 18.1. The molecule has 2 aromatic carbocycles. The van der Waals surface area contributed by atoms with Gasteiger partial charge in [-0.05, 0) is 76.6 Å². The fraction of sp³-hybridized carbons (Fsp3) is 0.464. The van der Waals surface area contributed by atoms with E-state index in [0.29, 0.717) is 54.1 Å². The molecule has 2 heterocycles. The average Bonchev–Trinajstić information content (AvgIpc) is 2.88. The smallest absolute Gasteiger partial charge is 0.410 e. The summed E-state index contributed by atoms with van der Waals surface area (Å²) in [6.45, 7) is 7.61. The molecule has 0 saturated carbocycles. The van der Waals surface area contributed by atoms with Gasteiger partial charge in [-0.3, -0.25) is 0 Å². The Balaban J connectivity index is 1.35. The van der Waals surface area contributed by atoms with Crippen molar-refractivity contribution in [2.75, 3.05) is 32.1 Å². The topological polar surface area (TPSA) is 85.8 Å². The summed E-state index contributed by atoms with van der Waals surface area (Å²) in [6, 6.07) is 8.05. The maximum Gasteiger partial charge on any atom is 0.410 e. The first-order valence-electron chi connectivity index (χ1n) is 12.8. The molecular formula is C28H34ClFN4O4. The number of hydrogen-bond donors (Lipinski definition) is 1. The molecule has 8 nitrogen and oxygen atoms in total. The van der Waals surface area contributed by atoms with E-state index in [1.54, 1.807) is 18.1 Å². The number of amides is 1. The predicted molar refractivity (Wildman–Crippen MR) is 146 cm³/mol. The number of aromatic nitrogens is 2. The molecule has 38 heavy (non-hydrogen) atoms. The zero-order chi connectivity index (χ0) is 27.3. The quantitative estimate of drug-likeness (QED) is 0.306. The van der Waals surface area contributed by atoms with E-state index in [1.807, 2.05) is 32.9 Å². The van der Waals surface area contributed by atoms with Gasteiger partial charge in [-0.25, -0.2) is 19.2 Å².